The Morgan fingerprint density at radius 2 is 1.54 bits per heavy atom. The maximum Gasteiger partial charge on any atom is 0.450 e. The summed E-state index contributed by atoms with van der Waals surface area (Å²) < 4.78 is 34.1. The Bertz CT molecular complexity index is 234. The second-order valence-corrected chi connectivity index (χ2v) is 1.83. The summed E-state index contributed by atoms with van der Waals surface area (Å²) in [5, 5.41) is 7.83. The molecule has 0 aliphatic heterocycles. The Balaban J connectivity index is 0. The van der Waals surface area contributed by atoms with Gasteiger partial charge >= 0.3 is 12.1 Å². The first-order chi connectivity index (χ1) is 5.25. The maximum atomic E-state index is 11.4. The van der Waals surface area contributed by atoms with Crippen LogP contribution in [-0.4, -0.2) is 28.8 Å². The van der Waals surface area contributed by atoms with Crippen molar-refractivity contribution in [3.63, 3.8) is 0 Å². The maximum absolute atomic E-state index is 11.4. The number of alkyl halides is 3. The molecule has 0 unspecified atom stereocenters. The van der Waals surface area contributed by atoms with Gasteiger partial charge in [-0.3, -0.25) is 9.59 Å². The topological polar surface area (TPSA) is 71.4 Å². The summed E-state index contributed by atoms with van der Waals surface area (Å²) in [4.78, 5) is 29.7. The van der Waals surface area contributed by atoms with Gasteiger partial charge in [-0.15, -0.1) is 0 Å². The molecular formula is C5H3F3HfO4. The van der Waals surface area contributed by atoms with Crippen molar-refractivity contribution in [2.75, 3.05) is 0 Å². The first-order valence-corrected chi connectivity index (χ1v) is 2.61. The molecule has 0 atom stereocenters. The monoisotopic (exact) mass is 364 g/mol. The fourth-order valence-electron chi connectivity index (χ4n) is 0.322. The molecule has 1 N–H and O–H groups in total. The van der Waals surface area contributed by atoms with Crippen LogP contribution in [0.3, 0.4) is 0 Å². The fourth-order valence-corrected chi connectivity index (χ4v) is 0.322. The summed E-state index contributed by atoms with van der Waals surface area (Å²) in [7, 11) is 0. The average Bonchev–Trinajstić information content (AvgIpc) is 1.85. The third kappa shape index (κ3) is 5.67. The van der Waals surface area contributed by atoms with E-state index in [1.54, 1.807) is 0 Å². The number of carboxylic acids is 1. The van der Waals surface area contributed by atoms with Crippen molar-refractivity contribution in [3.8, 4) is 0 Å². The molecule has 0 aliphatic carbocycles. The zero-order chi connectivity index (χ0) is 9.94. The first kappa shape index (κ1) is 15.0. The van der Waals surface area contributed by atoms with Gasteiger partial charge in [-0.2, -0.15) is 13.2 Å². The molecule has 0 saturated carbocycles. The van der Waals surface area contributed by atoms with Crippen LogP contribution in [0.1, 0.15) is 6.42 Å². The molecule has 0 rings (SSSR count). The summed E-state index contributed by atoms with van der Waals surface area (Å²) in [6.07, 6.45) is -6.79. The third-order valence-corrected chi connectivity index (χ3v) is 0.876. The number of aliphatic carboxylic acids is 1. The van der Waals surface area contributed by atoms with Crippen molar-refractivity contribution in [3.05, 3.63) is 0 Å². The van der Waals surface area contributed by atoms with Crippen LogP contribution in [0.15, 0.2) is 0 Å². The van der Waals surface area contributed by atoms with Gasteiger partial charge in [-0.1, -0.05) is 0 Å². The molecule has 0 aromatic carbocycles. The number of hydrogen-bond donors (Lipinski definition) is 1. The van der Waals surface area contributed by atoms with Crippen LogP contribution in [0.4, 0.5) is 13.2 Å². The van der Waals surface area contributed by atoms with Crippen molar-refractivity contribution in [1.82, 2.24) is 0 Å². The van der Waals surface area contributed by atoms with Crippen molar-refractivity contribution >= 4 is 17.5 Å². The Hall–Kier alpha value is -0.530. The van der Waals surface area contributed by atoms with E-state index in [-0.39, 0.29) is 25.8 Å². The van der Waals surface area contributed by atoms with Gasteiger partial charge < -0.3 is 5.11 Å². The van der Waals surface area contributed by atoms with E-state index in [4.69, 9.17) is 5.11 Å². The van der Waals surface area contributed by atoms with E-state index >= 15 is 0 Å². The van der Waals surface area contributed by atoms with Crippen LogP contribution in [0.5, 0.6) is 0 Å². The van der Waals surface area contributed by atoms with E-state index in [0.29, 0.717) is 0 Å². The van der Waals surface area contributed by atoms with Crippen LogP contribution in [0, 0.1) is 0 Å². The average molecular weight is 363 g/mol. The molecule has 0 aromatic heterocycles. The van der Waals surface area contributed by atoms with Gasteiger partial charge in [0, 0.05) is 25.8 Å². The van der Waals surface area contributed by atoms with Crippen LogP contribution in [0.2, 0.25) is 0 Å². The van der Waals surface area contributed by atoms with Crippen LogP contribution >= 0.6 is 0 Å². The zero-order valence-corrected chi connectivity index (χ0v) is 9.61. The number of Topliss-reactive ketones (excluding diaryl/α,β-unsaturated/α-hetero) is 2. The molecule has 0 aliphatic rings. The van der Waals surface area contributed by atoms with Gasteiger partial charge in [-0.05, 0) is 0 Å². The van der Waals surface area contributed by atoms with E-state index in [1.165, 1.54) is 0 Å². The fraction of sp³-hybridized carbons (Fsp3) is 0.400. The number of hydrogen-bond acceptors (Lipinski definition) is 3. The molecular weight excluding hydrogens is 360 g/mol. The molecule has 0 fully saturated rings. The zero-order valence-electron chi connectivity index (χ0n) is 6.01. The predicted octanol–water partition coefficient (Wildman–Crippen LogP) is 0.159. The second-order valence-electron chi connectivity index (χ2n) is 1.83. The van der Waals surface area contributed by atoms with E-state index < -0.39 is 30.1 Å². The summed E-state index contributed by atoms with van der Waals surface area (Å²) in [5.74, 6) is -6.17. The van der Waals surface area contributed by atoms with E-state index in [9.17, 15) is 27.6 Å². The number of carbonyl (C=O) groups excluding carboxylic acids is 2. The number of rotatable bonds is 3. The molecule has 8 heteroatoms. The Morgan fingerprint density at radius 1 is 1.15 bits per heavy atom. The van der Waals surface area contributed by atoms with Crippen LogP contribution in [-0.2, 0) is 40.2 Å². The van der Waals surface area contributed by atoms with Gasteiger partial charge in [-0.25, -0.2) is 4.79 Å². The van der Waals surface area contributed by atoms with E-state index in [0.717, 1.165) is 0 Å². The number of ketones is 2. The molecule has 0 aromatic rings. The number of carbonyl (C=O) groups is 3. The third-order valence-electron chi connectivity index (χ3n) is 0.876. The molecule has 13 heavy (non-hydrogen) atoms. The quantitative estimate of drug-likeness (QED) is 0.441. The summed E-state index contributed by atoms with van der Waals surface area (Å²) >= 11 is 0. The normalized spacial score (nSPS) is 10.1. The van der Waals surface area contributed by atoms with Crippen molar-refractivity contribution in [1.29, 1.82) is 0 Å². The largest absolute Gasteiger partial charge is 0.475 e. The second kappa shape index (κ2) is 5.25. The summed E-state index contributed by atoms with van der Waals surface area (Å²) in [6, 6.07) is 0. The Morgan fingerprint density at radius 3 is 1.77 bits per heavy atom. The number of halogens is 3. The number of carboxylic acid groups (broad SMARTS) is 1. The molecule has 4 nitrogen and oxygen atoms in total. The van der Waals surface area contributed by atoms with Gasteiger partial charge in [0.05, 0.1) is 6.42 Å². The summed E-state index contributed by atoms with van der Waals surface area (Å²) in [5.41, 5.74) is 0. The predicted molar refractivity (Wildman–Crippen MR) is 28.3 cm³/mol. The molecule has 0 radical (unpaired) electrons. The minimum Gasteiger partial charge on any atom is -0.475 e. The molecule has 72 valence electrons. The smallest absolute Gasteiger partial charge is 0.450 e. The molecule has 0 bridgehead atoms. The van der Waals surface area contributed by atoms with Crippen molar-refractivity contribution in [2.45, 2.75) is 12.6 Å². The van der Waals surface area contributed by atoms with Gasteiger partial charge in [0.15, 0.2) is 0 Å². The van der Waals surface area contributed by atoms with Crippen molar-refractivity contribution < 1.29 is 58.5 Å². The van der Waals surface area contributed by atoms with Gasteiger partial charge in [0.1, 0.15) is 0 Å². The van der Waals surface area contributed by atoms with Crippen LogP contribution < -0.4 is 0 Å². The molecule has 0 amide bonds. The SMILES string of the molecule is O=C(O)C(=O)CC(=O)C(F)(F)F.[Hf]. The summed E-state index contributed by atoms with van der Waals surface area (Å²) in [6.45, 7) is 0. The van der Waals surface area contributed by atoms with E-state index in [1.807, 2.05) is 0 Å². The standard InChI is InChI=1S/C5H3F3O4.Hf/c6-5(7,8)3(10)1-2(9)4(11)12;/h1H2,(H,11,12);. The molecule has 0 saturated heterocycles. The van der Waals surface area contributed by atoms with Crippen LogP contribution in [0.25, 0.3) is 0 Å². The Labute approximate surface area is 88.9 Å². The minimum atomic E-state index is -5.15. The van der Waals surface area contributed by atoms with Gasteiger partial charge in [0.2, 0.25) is 11.6 Å². The van der Waals surface area contributed by atoms with Crippen molar-refractivity contribution in [2.24, 2.45) is 0 Å². The first-order valence-electron chi connectivity index (χ1n) is 2.61. The minimum absolute atomic E-state index is 0. The van der Waals surface area contributed by atoms with Gasteiger partial charge in [0.25, 0.3) is 0 Å². The molecule has 0 spiro atoms. The van der Waals surface area contributed by atoms with E-state index in [2.05, 4.69) is 0 Å². The molecule has 0 heterocycles. The Kier molecular flexibility index (Phi) is 6.05.